The fraction of sp³-hybridized carbons (Fsp3) is 0.125. The monoisotopic (exact) mass is 180 g/mol. The maximum Gasteiger partial charge on any atom is 0.344 e. The summed E-state index contributed by atoms with van der Waals surface area (Å²) >= 11 is 0. The van der Waals surface area contributed by atoms with E-state index in [2.05, 4.69) is 15.0 Å². The Morgan fingerprint density at radius 2 is 2.31 bits per heavy atom. The Labute approximate surface area is 74.7 Å². The van der Waals surface area contributed by atoms with Gasteiger partial charge in [-0.1, -0.05) is 5.16 Å². The number of pyridine rings is 1. The lowest BCUT2D eigenvalue weighted by atomic mass is 10.3. The van der Waals surface area contributed by atoms with Crippen molar-refractivity contribution in [3.05, 3.63) is 30.1 Å². The SMILES string of the molecule is O=C(O)CON=Cc1ccncc1. The van der Waals surface area contributed by atoms with E-state index in [0.717, 1.165) is 5.56 Å². The van der Waals surface area contributed by atoms with Crippen molar-refractivity contribution >= 4 is 12.2 Å². The zero-order valence-electron chi connectivity index (χ0n) is 6.75. The number of nitrogens with zero attached hydrogens (tertiary/aromatic N) is 2. The van der Waals surface area contributed by atoms with Crippen LogP contribution in [0.25, 0.3) is 0 Å². The fourth-order valence-electron chi connectivity index (χ4n) is 0.640. The quantitative estimate of drug-likeness (QED) is 0.541. The van der Waals surface area contributed by atoms with Crippen molar-refractivity contribution in [1.29, 1.82) is 0 Å². The molecule has 0 spiro atoms. The first-order valence-corrected chi connectivity index (χ1v) is 3.56. The van der Waals surface area contributed by atoms with Crippen LogP contribution in [0.2, 0.25) is 0 Å². The number of aliphatic carboxylic acids is 1. The zero-order valence-corrected chi connectivity index (χ0v) is 6.75. The van der Waals surface area contributed by atoms with Gasteiger partial charge in [0.1, 0.15) is 0 Å². The minimum absolute atomic E-state index is 0.429. The highest BCUT2D eigenvalue weighted by molar-refractivity contribution is 5.78. The van der Waals surface area contributed by atoms with Crippen molar-refractivity contribution < 1.29 is 14.7 Å². The highest BCUT2D eigenvalue weighted by atomic mass is 16.6. The lowest BCUT2D eigenvalue weighted by Crippen LogP contribution is -2.03. The summed E-state index contributed by atoms with van der Waals surface area (Å²) in [5.74, 6) is -1.05. The predicted molar refractivity (Wildman–Crippen MR) is 45.4 cm³/mol. The maximum atomic E-state index is 10.0. The van der Waals surface area contributed by atoms with Crippen LogP contribution in [0.4, 0.5) is 0 Å². The first kappa shape index (κ1) is 9.18. The van der Waals surface area contributed by atoms with Crippen LogP contribution < -0.4 is 0 Å². The van der Waals surface area contributed by atoms with Crippen LogP contribution in [-0.4, -0.2) is 28.9 Å². The maximum absolute atomic E-state index is 10.0. The minimum atomic E-state index is -1.05. The van der Waals surface area contributed by atoms with Crippen molar-refractivity contribution in [3.8, 4) is 0 Å². The van der Waals surface area contributed by atoms with Gasteiger partial charge in [0.2, 0.25) is 6.61 Å². The molecule has 1 N–H and O–H groups in total. The van der Waals surface area contributed by atoms with Gasteiger partial charge in [0.05, 0.1) is 6.21 Å². The molecule has 0 saturated carbocycles. The summed E-state index contributed by atoms with van der Waals surface area (Å²) in [4.78, 5) is 18.3. The molecule has 0 fully saturated rings. The van der Waals surface area contributed by atoms with E-state index in [4.69, 9.17) is 5.11 Å². The summed E-state index contributed by atoms with van der Waals surface area (Å²) in [6.45, 7) is -0.429. The highest BCUT2D eigenvalue weighted by Crippen LogP contribution is 1.91. The standard InChI is InChI=1S/C8H8N2O3/c11-8(12)6-13-10-5-7-1-3-9-4-2-7/h1-5H,6H2,(H,11,12). The van der Waals surface area contributed by atoms with E-state index < -0.39 is 12.6 Å². The average Bonchev–Trinajstić information content (AvgIpc) is 2.14. The van der Waals surface area contributed by atoms with E-state index in [0.29, 0.717) is 0 Å². The summed E-state index contributed by atoms with van der Waals surface area (Å²) in [5, 5.41) is 11.6. The molecule has 5 heteroatoms. The van der Waals surface area contributed by atoms with Gasteiger partial charge in [-0.15, -0.1) is 0 Å². The van der Waals surface area contributed by atoms with Crippen LogP contribution >= 0.6 is 0 Å². The first-order valence-electron chi connectivity index (χ1n) is 3.56. The van der Waals surface area contributed by atoms with Gasteiger partial charge in [-0.25, -0.2) is 4.79 Å². The average molecular weight is 180 g/mol. The summed E-state index contributed by atoms with van der Waals surface area (Å²) in [6.07, 6.45) is 4.64. The summed E-state index contributed by atoms with van der Waals surface area (Å²) in [5.41, 5.74) is 0.806. The van der Waals surface area contributed by atoms with Gasteiger partial charge in [-0.05, 0) is 17.7 Å². The first-order chi connectivity index (χ1) is 6.29. The number of carboxylic acids is 1. The molecule has 0 aliphatic rings. The number of oxime groups is 1. The molecule has 0 unspecified atom stereocenters. The van der Waals surface area contributed by atoms with Gasteiger partial charge in [-0.3, -0.25) is 4.98 Å². The van der Waals surface area contributed by atoms with Crippen LogP contribution in [0.5, 0.6) is 0 Å². The van der Waals surface area contributed by atoms with Crippen molar-refractivity contribution in [2.45, 2.75) is 0 Å². The van der Waals surface area contributed by atoms with E-state index in [-0.39, 0.29) is 0 Å². The molecule has 13 heavy (non-hydrogen) atoms. The number of hydrogen-bond acceptors (Lipinski definition) is 4. The molecule has 0 atom stereocenters. The Morgan fingerprint density at radius 1 is 1.62 bits per heavy atom. The topological polar surface area (TPSA) is 71.8 Å². The van der Waals surface area contributed by atoms with Gasteiger partial charge < -0.3 is 9.94 Å². The molecule has 0 aliphatic carbocycles. The minimum Gasteiger partial charge on any atom is -0.479 e. The Bertz CT molecular complexity index is 298. The Balaban J connectivity index is 2.37. The third-order valence-corrected chi connectivity index (χ3v) is 1.17. The van der Waals surface area contributed by atoms with Gasteiger partial charge >= 0.3 is 5.97 Å². The molecule has 0 amide bonds. The molecular formula is C8H8N2O3. The van der Waals surface area contributed by atoms with Crippen LogP contribution in [0.15, 0.2) is 29.7 Å². The molecule has 1 rings (SSSR count). The molecule has 1 aromatic rings. The van der Waals surface area contributed by atoms with E-state index in [1.54, 1.807) is 24.5 Å². The van der Waals surface area contributed by atoms with Gasteiger partial charge in [-0.2, -0.15) is 0 Å². The van der Waals surface area contributed by atoms with E-state index in [1.807, 2.05) is 0 Å². The Kier molecular flexibility index (Phi) is 3.44. The largest absolute Gasteiger partial charge is 0.479 e. The number of carbonyl (C=O) groups is 1. The van der Waals surface area contributed by atoms with E-state index >= 15 is 0 Å². The van der Waals surface area contributed by atoms with Gasteiger partial charge in [0.15, 0.2) is 0 Å². The second kappa shape index (κ2) is 4.87. The molecule has 1 aromatic heterocycles. The molecular weight excluding hydrogens is 172 g/mol. The van der Waals surface area contributed by atoms with Crippen LogP contribution in [0, 0.1) is 0 Å². The summed E-state index contributed by atoms with van der Waals surface area (Å²) < 4.78 is 0. The molecule has 0 radical (unpaired) electrons. The number of hydrogen-bond donors (Lipinski definition) is 1. The molecule has 1 heterocycles. The molecule has 0 saturated heterocycles. The van der Waals surface area contributed by atoms with Gasteiger partial charge in [0.25, 0.3) is 0 Å². The lowest BCUT2D eigenvalue weighted by molar-refractivity contribution is -0.142. The molecule has 0 bridgehead atoms. The molecule has 0 aromatic carbocycles. The zero-order chi connectivity index (χ0) is 9.52. The molecule has 68 valence electrons. The third-order valence-electron chi connectivity index (χ3n) is 1.17. The fourth-order valence-corrected chi connectivity index (χ4v) is 0.640. The van der Waals surface area contributed by atoms with Crippen molar-refractivity contribution in [2.75, 3.05) is 6.61 Å². The van der Waals surface area contributed by atoms with Crippen molar-refractivity contribution in [2.24, 2.45) is 5.16 Å². The second-order valence-corrected chi connectivity index (χ2v) is 2.18. The number of rotatable bonds is 4. The number of aromatic nitrogens is 1. The lowest BCUT2D eigenvalue weighted by Gasteiger charge is -1.92. The molecule has 0 aliphatic heterocycles. The smallest absolute Gasteiger partial charge is 0.344 e. The predicted octanol–water partition coefficient (Wildman–Crippen LogP) is 0.517. The summed E-state index contributed by atoms with van der Waals surface area (Å²) in [6, 6.07) is 3.46. The van der Waals surface area contributed by atoms with Crippen molar-refractivity contribution in [3.63, 3.8) is 0 Å². The second-order valence-electron chi connectivity index (χ2n) is 2.18. The Morgan fingerprint density at radius 3 is 2.92 bits per heavy atom. The van der Waals surface area contributed by atoms with Gasteiger partial charge in [0, 0.05) is 12.4 Å². The van der Waals surface area contributed by atoms with Crippen LogP contribution in [0.3, 0.4) is 0 Å². The Hall–Kier alpha value is -1.91. The molecule has 5 nitrogen and oxygen atoms in total. The van der Waals surface area contributed by atoms with Crippen molar-refractivity contribution in [1.82, 2.24) is 4.98 Å². The third kappa shape index (κ3) is 3.85. The summed E-state index contributed by atoms with van der Waals surface area (Å²) in [7, 11) is 0. The van der Waals surface area contributed by atoms with E-state index in [1.165, 1.54) is 6.21 Å². The van der Waals surface area contributed by atoms with E-state index in [9.17, 15) is 4.79 Å². The number of carboxylic acid groups (broad SMARTS) is 1. The van der Waals surface area contributed by atoms with Crippen LogP contribution in [-0.2, 0) is 9.63 Å². The highest BCUT2D eigenvalue weighted by Gasteiger charge is 1.92. The normalized spacial score (nSPS) is 10.2. The van der Waals surface area contributed by atoms with Crippen LogP contribution in [0.1, 0.15) is 5.56 Å².